The van der Waals surface area contributed by atoms with Gasteiger partial charge in [0.05, 0.1) is 11.1 Å². The third kappa shape index (κ3) is 4.87. The summed E-state index contributed by atoms with van der Waals surface area (Å²) in [6.07, 6.45) is 4.83. The predicted octanol–water partition coefficient (Wildman–Crippen LogP) is 4.61. The molecule has 1 aromatic carbocycles. The van der Waals surface area contributed by atoms with Crippen molar-refractivity contribution in [2.75, 3.05) is 4.90 Å². The molecule has 2 heterocycles. The number of alkyl halides is 3. The van der Waals surface area contributed by atoms with Gasteiger partial charge in [-0.1, -0.05) is 25.0 Å². The number of hydrogen-bond acceptors (Lipinski definition) is 5. The fourth-order valence-corrected chi connectivity index (χ4v) is 3.91. The van der Waals surface area contributed by atoms with E-state index in [1.54, 1.807) is 24.5 Å². The highest BCUT2D eigenvalue weighted by molar-refractivity contribution is 5.92. The van der Waals surface area contributed by atoms with Crippen molar-refractivity contribution in [1.29, 1.82) is 0 Å². The molecule has 166 valence electrons. The Bertz CT molecular complexity index is 1060. The highest BCUT2D eigenvalue weighted by atomic mass is 19.4. The average molecular weight is 441 g/mol. The summed E-state index contributed by atoms with van der Waals surface area (Å²) in [6.45, 7) is 0.529. The first-order chi connectivity index (χ1) is 15.3. The highest BCUT2D eigenvalue weighted by Gasteiger charge is 2.30. The summed E-state index contributed by atoms with van der Waals surface area (Å²) in [6, 6.07) is 8.55. The number of anilines is 1. The summed E-state index contributed by atoms with van der Waals surface area (Å²) in [7, 11) is 0. The van der Waals surface area contributed by atoms with Gasteiger partial charge in [0.25, 0.3) is 0 Å². The van der Waals surface area contributed by atoms with Crippen molar-refractivity contribution >= 4 is 11.7 Å². The molecular formula is C23H22F3N5O. The van der Waals surface area contributed by atoms with Crippen molar-refractivity contribution in [1.82, 2.24) is 15.0 Å². The quantitative estimate of drug-likeness (QED) is 0.604. The third-order valence-electron chi connectivity index (χ3n) is 5.62. The lowest BCUT2D eigenvalue weighted by atomic mass is 10.1. The maximum Gasteiger partial charge on any atom is 0.416 e. The summed E-state index contributed by atoms with van der Waals surface area (Å²) < 4.78 is 38.3. The number of hydrogen-bond donors (Lipinski definition) is 1. The normalized spacial score (nSPS) is 14.5. The number of benzene rings is 1. The van der Waals surface area contributed by atoms with Crippen molar-refractivity contribution in [3.8, 4) is 11.4 Å². The van der Waals surface area contributed by atoms with Crippen LogP contribution in [0.2, 0.25) is 0 Å². The van der Waals surface area contributed by atoms with Gasteiger partial charge in [0.15, 0.2) is 5.82 Å². The van der Waals surface area contributed by atoms with Gasteiger partial charge in [0.2, 0.25) is 5.91 Å². The van der Waals surface area contributed by atoms with Gasteiger partial charge in [-0.2, -0.15) is 13.2 Å². The average Bonchev–Trinajstić information content (AvgIpc) is 3.32. The molecule has 1 aliphatic carbocycles. The van der Waals surface area contributed by atoms with E-state index < -0.39 is 17.6 Å². The van der Waals surface area contributed by atoms with Crippen LogP contribution in [0.1, 0.15) is 47.2 Å². The minimum atomic E-state index is -4.38. The lowest BCUT2D eigenvalue weighted by Gasteiger charge is -2.30. The van der Waals surface area contributed by atoms with Crippen LogP contribution in [0.3, 0.4) is 0 Å². The van der Waals surface area contributed by atoms with Gasteiger partial charge in [-0.15, -0.1) is 0 Å². The van der Waals surface area contributed by atoms with E-state index in [1.165, 1.54) is 18.3 Å². The number of pyridine rings is 1. The summed E-state index contributed by atoms with van der Waals surface area (Å²) in [5.41, 5.74) is 6.32. The number of rotatable bonds is 6. The van der Waals surface area contributed by atoms with Gasteiger partial charge < -0.3 is 10.6 Å². The fraction of sp³-hybridized carbons (Fsp3) is 0.304. The molecule has 0 bridgehead atoms. The molecule has 9 heteroatoms. The predicted molar refractivity (Wildman–Crippen MR) is 114 cm³/mol. The number of aromatic nitrogens is 3. The van der Waals surface area contributed by atoms with Crippen LogP contribution in [0, 0.1) is 0 Å². The molecule has 0 spiro atoms. The number of amides is 1. The smallest absolute Gasteiger partial charge is 0.366 e. The molecule has 0 saturated heterocycles. The van der Waals surface area contributed by atoms with Crippen molar-refractivity contribution in [2.45, 2.75) is 44.4 Å². The lowest BCUT2D eigenvalue weighted by molar-refractivity contribution is -0.137. The van der Waals surface area contributed by atoms with Crippen molar-refractivity contribution in [2.24, 2.45) is 5.73 Å². The molecule has 3 aromatic rings. The molecule has 32 heavy (non-hydrogen) atoms. The first-order valence-electron chi connectivity index (χ1n) is 10.3. The van der Waals surface area contributed by atoms with Crippen LogP contribution in [-0.2, 0) is 12.7 Å². The second-order valence-corrected chi connectivity index (χ2v) is 7.83. The second kappa shape index (κ2) is 8.94. The molecule has 6 nitrogen and oxygen atoms in total. The zero-order valence-electron chi connectivity index (χ0n) is 17.2. The summed E-state index contributed by atoms with van der Waals surface area (Å²) in [5, 5.41) is 0. The van der Waals surface area contributed by atoms with Crippen molar-refractivity contribution in [3.05, 3.63) is 71.7 Å². The molecule has 4 rings (SSSR count). The van der Waals surface area contributed by atoms with Crippen molar-refractivity contribution < 1.29 is 18.0 Å². The number of primary amides is 1. The molecule has 0 unspecified atom stereocenters. The second-order valence-electron chi connectivity index (χ2n) is 7.83. The Kier molecular flexibility index (Phi) is 6.07. The van der Waals surface area contributed by atoms with Crippen LogP contribution in [-0.4, -0.2) is 26.9 Å². The van der Waals surface area contributed by atoms with Crippen LogP contribution in [0.25, 0.3) is 11.4 Å². The largest absolute Gasteiger partial charge is 0.416 e. The minimum Gasteiger partial charge on any atom is -0.366 e. The molecule has 1 saturated carbocycles. The van der Waals surface area contributed by atoms with E-state index in [4.69, 9.17) is 5.73 Å². The van der Waals surface area contributed by atoms with Crippen LogP contribution < -0.4 is 10.6 Å². The van der Waals surface area contributed by atoms with Gasteiger partial charge >= 0.3 is 6.18 Å². The van der Waals surface area contributed by atoms with E-state index in [1.807, 2.05) is 0 Å². The summed E-state index contributed by atoms with van der Waals surface area (Å²) >= 11 is 0. The van der Waals surface area contributed by atoms with Gasteiger partial charge in [-0.05, 0) is 37.1 Å². The Balaban J connectivity index is 1.53. The molecule has 0 radical (unpaired) electrons. The van der Waals surface area contributed by atoms with E-state index in [0.717, 1.165) is 49.2 Å². The van der Waals surface area contributed by atoms with E-state index in [0.29, 0.717) is 29.5 Å². The number of carbonyl (C=O) groups is 1. The number of halogens is 3. The SMILES string of the molecule is NC(=O)c1ccc(N(Cc2cnc(-c3ccc(C(F)(F)F)cc3)nc2)C2CCCC2)nc1. The number of carbonyl (C=O) groups excluding carboxylic acids is 1. The standard InChI is InChI=1S/C23H22F3N5O/c24-23(25,26)18-8-5-16(6-9-18)22-29-11-15(12-30-22)14-31(19-3-1-2-4-19)20-10-7-17(13-28-20)21(27)32/h5-13,19H,1-4,14H2,(H2,27,32). The first-order valence-corrected chi connectivity index (χ1v) is 10.3. The van der Waals surface area contributed by atoms with Crippen LogP contribution in [0.5, 0.6) is 0 Å². The molecule has 2 N–H and O–H groups in total. The van der Waals surface area contributed by atoms with Gasteiger partial charge in [0.1, 0.15) is 5.82 Å². The maximum atomic E-state index is 12.8. The molecule has 1 fully saturated rings. The lowest BCUT2D eigenvalue weighted by Crippen LogP contribution is -2.33. The Labute approximate surface area is 183 Å². The molecular weight excluding hydrogens is 419 g/mol. The zero-order valence-corrected chi connectivity index (χ0v) is 17.2. The number of nitrogens with two attached hydrogens (primary N) is 1. The molecule has 0 aliphatic heterocycles. The minimum absolute atomic E-state index is 0.316. The third-order valence-corrected chi connectivity index (χ3v) is 5.62. The van der Waals surface area contributed by atoms with E-state index in [-0.39, 0.29) is 0 Å². The monoisotopic (exact) mass is 441 g/mol. The molecule has 2 aromatic heterocycles. The van der Waals surface area contributed by atoms with E-state index in [9.17, 15) is 18.0 Å². The summed E-state index contributed by atoms with van der Waals surface area (Å²) in [4.78, 5) is 26.6. The van der Waals surface area contributed by atoms with Gasteiger partial charge in [0, 0.05) is 42.3 Å². The maximum absolute atomic E-state index is 12.8. The highest BCUT2D eigenvalue weighted by Crippen LogP contribution is 2.31. The molecule has 1 amide bonds. The first kappa shape index (κ1) is 21.7. The Morgan fingerprint density at radius 3 is 2.16 bits per heavy atom. The van der Waals surface area contributed by atoms with Crippen molar-refractivity contribution in [3.63, 3.8) is 0 Å². The zero-order chi connectivity index (χ0) is 22.7. The van der Waals surface area contributed by atoms with Gasteiger partial charge in [-0.3, -0.25) is 4.79 Å². The Morgan fingerprint density at radius 2 is 1.62 bits per heavy atom. The van der Waals surface area contributed by atoms with Crippen LogP contribution in [0.4, 0.5) is 19.0 Å². The summed E-state index contributed by atoms with van der Waals surface area (Å²) in [5.74, 6) is 0.580. The fourth-order valence-electron chi connectivity index (χ4n) is 3.91. The van der Waals surface area contributed by atoms with E-state index in [2.05, 4.69) is 19.9 Å². The van der Waals surface area contributed by atoms with Gasteiger partial charge in [-0.25, -0.2) is 15.0 Å². The Morgan fingerprint density at radius 1 is 0.969 bits per heavy atom. The van der Waals surface area contributed by atoms with E-state index >= 15 is 0 Å². The van der Waals surface area contributed by atoms with Crippen LogP contribution in [0.15, 0.2) is 55.0 Å². The molecule has 0 atom stereocenters. The van der Waals surface area contributed by atoms with Crippen LogP contribution >= 0.6 is 0 Å². The Hall–Kier alpha value is -3.49. The topological polar surface area (TPSA) is 85.0 Å². The molecule has 1 aliphatic rings. The number of nitrogens with zero attached hydrogens (tertiary/aromatic N) is 4.